The minimum Gasteiger partial charge on any atom is -0.479 e. The first-order valence-electron chi connectivity index (χ1n) is 10.5. The van der Waals surface area contributed by atoms with Crippen LogP contribution in [0.2, 0.25) is 0 Å². The van der Waals surface area contributed by atoms with Crippen LogP contribution in [0, 0.1) is 0 Å². The predicted molar refractivity (Wildman–Crippen MR) is 125 cm³/mol. The summed E-state index contributed by atoms with van der Waals surface area (Å²) in [6, 6.07) is 3.86. The summed E-state index contributed by atoms with van der Waals surface area (Å²) in [4.78, 5) is 38.2. The molecule has 0 unspecified atom stereocenters. The zero-order valence-electron chi connectivity index (χ0n) is 17.6. The molecule has 10 heteroatoms. The number of anilines is 1. The number of carboxylic acids is 2. The molecule has 2 heterocycles. The number of fused-ring (bicyclic) bond motifs is 3. The van der Waals surface area contributed by atoms with Gasteiger partial charge in [0.1, 0.15) is 0 Å². The Hall–Kier alpha value is -2.85. The zero-order valence-corrected chi connectivity index (χ0v) is 19.2. The normalized spacial score (nSPS) is 14.5. The van der Waals surface area contributed by atoms with E-state index in [1.54, 1.807) is 0 Å². The molecule has 0 atom stereocenters. The molecule has 0 saturated heterocycles. The number of ether oxygens (including phenoxy) is 1. The van der Waals surface area contributed by atoms with Crippen molar-refractivity contribution in [3.05, 3.63) is 22.4 Å². The maximum Gasteiger partial charge on any atom is 0.349 e. The second kappa shape index (κ2) is 9.33. The van der Waals surface area contributed by atoms with E-state index in [4.69, 9.17) is 9.84 Å². The van der Waals surface area contributed by atoms with Crippen molar-refractivity contribution in [2.24, 2.45) is 0 Å². The molecule has 0 bridgehead atoms. The van der Waals surface area contributed by atoms with Crippen molar-refractivity contribution in [1.29, 1.82) is 0 Å². The van der Waals surface area contributed by atoms with Crippen LogP contribution in [0.1, 0.15) is 48.7 Å². The second-order valence-corrected chi connectivity index (χ2v) is 9.65. The van der Waals surface area contributed by atoms with Crippen molar-refractivity contribution in [2.45, 2.75) is 45.1 Å². The van der Waals surface area contributed by atoms with Gasteiger partial charge in [-0.3, -0.25) is 4.90 Å². The summed E-state index contributed by atoms with van der Waals surface area (Å²) in [6.07, 6.45) is 5.31. The number of nitrogens with zero attached hydrogens (tertiary/aromatic N) is 1. The highest BCUT2D eigenvalue weighted by atomic mass is 32.1. The van der Waals surface area contributed by atoms with Gasteiger partial charge in [0.05, 0.1) is 11.1 Å². The molecule has 0 spiro atoms. The monoisotopic (exact) mass is 476 g/mol. The fourth-order valence-electron chi connectivity index (χ4n) is 4.26. The fraction of sp³-hybridized carbons (Fsp3) is 0.409. The van der Waals surface area contributed by atoms with Crippen molar-refractivity contribution >= 4 is 56.4 Å². The first kappa shape index (κ1) is 22.3. The molecule has 2 amide bonds. The Morgan fingerprint density at radius 2 is 1.94 bits per heavy atom. The molecule has 4 rings (SSSR count). The number of thiophene rings is 1. The van der Waals surface area contributed by atoms with Gasteiger partial charge in [-0.2, -0.15) is 0 Å². The molecule has 1 aromatic rings. The van der Waals surface area contributed by atoms with Crippen molar-refractivity contribution in [2.75, 3.05) is 18.1 Å². The first-order chi connectivity index (χ1) is 15.4. The maximum atomic E-state index is 12.9. The lowest BCUT2D eigenvalue weighted by molar-refractivity contribution is -0.139. The highest BCUT2D eigenvalue weighted by Gasteiger charge is 2.30. The number of rotatable bonds is 7. The van der Waals surface area contributed by atoms with Crippen molar-refractivity contribution < 1.29 is 29.3 Å². The summed E-state index contributed by atoms with van der Waals surface area (Å²) in [5, 5.41) is 24.0. The van der Waals surface area contributed by atoms with Crippen molar-refractivity contribution in [1.82, 2.24) is 5.32 Å². The van der Waals surface area contributed by atoms with Crippen LogP contribution in [-0.4, -0.2) is 47.4 Å². The van der Waals surface area contributed by atoms with Gasteiger partial charge in [0.25, 0.3) is 0 Å². The first-order valence-corrected chi connectivity index (χ1v) is 12.2. The standard InChI is InChI=1S/C22H24N2O6S2/c1-2-23-22(29)24(13-6-4-3-5-7-13)14-8-12-9-15-17(19(12)31-11-14)18(30-10-16(25)26)20(32-15)21(27)28/h8-9,11,13H,2-7,10H2,1H3,(H,23,29)(H,25,26)(H,27,28). The van der Waals surface area contributed by atoms with Crippen LogP contribution in [-0.2, 0) is 4.79 Å². The Morgan fingerprint density at radius 1 is 1.19 bits per heavy atom. The summed E-state index contributed by atoms with van der Waals surface area (Å²) >= 11 is 2.47. The van der Waals surface area contributed by atoms with Gasteiger partial charge in [-0.25, -0.2) is 14.4 Å². The third-order valence-electron chi connectivity index (χ3n) is 5.57. The van der Waals surface area contributed by atoms with Gasteiger partial charge in [-0.1, -0.05) is 19.3 Å². The Morgan fingerprint density at radius 3 is 2.59 bits per heavy atom. The summed E-state index contributed by atoms with van der Waals surface area (Å²) in [6.45, 7) is 1.82. The second-order valence-electron chi connectivity index (χ2n) is 7.72. The molecule has 3 aliphatic rings. The number of aliphatic carboxylic acids is 1. The Balaban J connectivity index is 1.78. The lowest BCUT2D eigenvalue weighted by Crippen LogP contribution is -2.47. The van der Waals surface area contributed by atoms with Gasteiger partial charge < -0.3 is 20.3 Å². The molecule has 0 aromatic carbocycles. The number of urea groups is 1. The van der Waals surface area contributed by atoms with E-state index in [9.17, 15) is 19.5 Å². The SMILES string of the molecule is CCNC(=O)N(c1csc2c3c(OCC(=O)O)c(C(=O)O)sc3cc-2c1)C1CCCCC1. The number of nitrogens with one attached hydrogen (secondary N) is 1. The van der Waals surface area contributed by atoms with E-state index < -0.39 is 18.5 Å². The summed E-state index contributed by atoms with van der Waals surface area (Å²) in [7, 11) is 0. The number of carbonyl (C=O) groups is 3. The molecule has 3 N–H and O–H groups in total. The van der Waals surface area contributed by atoms with Crippen LogP contribution in [0.4, 0.5) is 10.5 Å². The number of amides is 2. The molecule has 2 aliphatic carbocycles. The Bertz CT molecular complexity index is 1130. The van der Waals surface area contributed by atoms with Gasteiger partial charge >= 0.3 is 18.0 Å². The summed E-state index contributed by atoms with van der Waals surface area (Å²) in [5.74, 6) is -2.24. The van der Waals surface area contributed by atoms with Gasteiger partial charge in [0, 0.05) is 27.5 Å². The highest BCUT2D eigenvalue weighted by molar-refractivity contribution is 7.22. The third kappa shape index (κ3) is 4.24. The average molecular weight is 477 g/mol. The van der Waals surface area contributed by atoms with Crippen LogP contribution in [0.3, 0.4) is 0 Å². The minimum atomic E-state index is -1.17. The van der Waals surface area contributed by atoms with Gasteiger partial charge in [-0.15, -0.1) is 22.7 Å². The van der Waals surface area contributed by atoms with Gasteiger partial charge in [0.15, 0.2) is 17.2 Å². The predicted octanol–water partition coefficient (Wildman–Crippen LogP) is 5.10. The van der Waals surface area contributed by atoms with Crippen LogP contribution in [0.5, 0.6) is 5.75 Å². The third-order valence-corrected chi connectivity index (χ3v) is 7.71. The summed E-state index contributed by atoms with van der Waals surface area (Å²) in [5.41, 5.74) is 1.68. The molecule has 0 radical (unpaired) electrons. The molecule has 1 saturated carbocycles. The van der Waals surface area contributed by atoms with E-state index in [-0.39, 0.29) is 22.7 Å². The Kier molecular flexibility index (Phi) is 6.52. The minimum absolute atomic E-state index is 0.0133. The maximum absolute atomic E-state index is 12.9. The molecular weight excluding hydrogens is 452 g/mol. The van der Waals surface area contributed by atoms with Crippen LogP contribution < -0.4 is 15.0 Å². The fourth-order valence-corrected chi connectivity index (χ4v) is 6.36. The van der Waals surface area contributed by atoms with Crippen LogP contribution >= 0.6 is 22.7 Å². The van der Waals surface area contributed by atoms with E-state index in [2.05, 4.69) is 5.32 Å². The number of aromatic carboxylic acids is 1. The highest BCUT2D eigenvalue weighted by Crippen LogP contribution is 2.49. The number of carbonyl (C=O) groups excluding carboxylic acids is 1. The molecule has 1 fully saturated rings. The molecule has 32 heavy (non-hydrogen) atoms. The van der Waals surface area contributed by atoms with E-state index in [0.29, 0.717) is 16.6 Å². The topological polar surface area (TPSA) is 116 Å². The van der Waals surface area contributed by atoms with Gasteiger partial charge in [0.2, 0.25) is 0 Å². The number of hydrogen-bond donors (Lipinski definition) is 3. The van der Waals surface area contributed by atoms with Crippen molar-refractivity contribution in [3.63, 3.8) is 0 Å². The van der Waals surface area contributed by atoms with E-state index in [1.165, 1.54) is 17.8 Å². The average Bonchev–Trinajstić information content (AvgIpc) is 3.29. The largest absolute Gasteiger partial charge is 0.479 e. The quantitative estimate of drug-likeness (QED) is 0.437. The van der Waals surface area contributed by atoms with E-state index in [1.807, 2.05) is 29.3 Å². The number of carboxylic acid groups (broad SMARTS) is 2. The lowest BCUT2D eigenvalue weighted by Gasteiger charge is -2.34. The smallest absolute Gasteiger partial charge is 0.349 e. The molecule has 170 valence electrons. The van der Waals surface area contributed by atoms with E-state index >= 15 is 0 Å². The molecule has 1 aliphatic heterocycles. The van der Waals surface area contributed by atoms with Crippen LogP contribution in [0.25, 0.3) is 20.5 Å². The molecule has 1 aromatic heterocycles. The lowest BCUT2D eigenvalue weighted by atomic mass is 9.94. The number of hydrogen-bond acceptors (Lipinski definition) is 6. The molecular formula is C22H24N2O6S2. The van der Waals surface area contributed by atoms with E-state index in [0.717, 1.165) is 53.1 Å². The van der Waals surface area contributed by atoms with Crippen LogP contribution in [0.15, 0.2) is 17.5 Å². The molecule has 8 nitrogen and oxygen atoms in total. The van der Waals surface area contributed by atoms with Gasteiger partial charge in [-0.05, 0) is 37.5 Å². The Labute approximate surface area is 192 Å². The summed E-state index contributed by atoms with van der Waals surface area (Å²) < 4.78 is 6.10. The zero-order chi connectivity index (χ0) is 22.8. The van der Waals surface area contributed by atoms with Crippen molar-refractivity contribution in [3.8, 4) is 16.2 Å².